The number of pyridine rings is 1. The monoisotopic (exact) mass is 463 g/mol. The minimum Gasteiger partial charge on any atom is -0.476 e. The third-order valence-electron chi connectivity index (χ3n) is 6.89. The van der Waals surface area contributed by atoms with Crippen LogP contribution in [0, 0.1) is 17.2 Å². The van der Waals surface area contributed by atoms with Crippen LogP contribution in [0.15, 0.2) is 60.8 Å². The van der Waals surface area contributed by atoms with E-state index in [1.165, 1.54) is 12.3 Å². The van der Waals surface area contributed by atoms with Crippen molar-refractivity contribution in [3.8, 4) is 17.0 Å². The molecule has 6 nitrogen and oxygen atoms in total. The third-order valence-corrected chi connectivity index (χ3v) is 6.89. The molecule has 1 saturated carbocycles. The number of benzene rings is 1. The summed E-state index contributed by atoms with van der Waals surface area (Å²) >= 11 is 0. The number of hydrogen-bond donors (Lipinski definition) is 1. The van der Waals surface area contributed by atoms with Crippen molar-refractivity contribution >= 4 is 5.91 Å². The molecule has 34 heavy (non-hydrogen) atoms. The van der Waals surface area contributed by atoms with Crippen molar-refractivity contribution < 1.29 is 18.7 Å². The van der Waals surface area contributed by atoms with E-state index in [1.807, 2.05) is 24.3 Å². The van der Waals surface area contributed by atoms with Crippen molar-refractivity contribution in [3.05, 3.63) is 72.2 Å². The van der Waals surface area contributed by atoms with Crippen LogP contribution in [-0.4, -0.2) is 61.8 Å². The maximum absolute atomic E-state index is 14.7. The second-order valence-corrected chi connectivity index (χ2v) is 9.24. The zero-order valence-electron chi connectivity index (χ0n) is 19.2. The first-order chi connectivity index (χ1) is 16.6. The standard InChI is InChI=1S/C27H30FN3O3/c28-24-16-26(34-14-11-31-9-12-33-13-10-31)29-18-23(24)21-6-4-20(5-7-21)15-25(32)30-19-27-8-2-1-3-22(27)17-27/h1-8,16,18,22H,9-15,17,19H2,(H,30,32). The summed E-state index contributed by atoms with van der Waals surface area (Å²) in [5.41, 5.74) is 2.14. The van der Waals surface area contributed by atoms with Gasteiger partial charge in [0.05, 0.1) is 19.6 Å². The van der Waals surface area contributed by atoms with Crippen molar-refractivity contribution in [2.75, 3.05) is 46.0 Å². The number of allylic oxidation sites excluding steroid dienone is 3. The Hall–Kier alpha value is -3.03. The van der Waals surface area contributed by atoms with Gasteiger partial charge in [-0.05, 0) is 23.5 Å². The number of carbonyl (C=O) groups is 1. The van der Waals surface area contributed by atoms with Crippen LogP contribution in [0.25, 0.3) is 11.1 Å². The number of hydrogen-bond acceptors (Lipinski definition) is 5. The normalized spacial score (nSPS) is 23.4. The van der Waals surface area contributed by atoms with E-state index in [2.05, 4.69) is 39.5 Å². The maximum atomic E-state index is 14.7. The van der Waals surface area contributed by atoms with Crippen LogP contribution >= 0.6 is 0 Å². The van der Waals surface area contributed by atoms with Crippen molar-refractivity contribution in [2.45, 2.75) is 12.8 Å². The Bertz CT molecular complexity index is 1080. The van der Waals surface area contributed by atoms with Crippen molar-refractivity contribution in [1.29, 1.82) is 0 Å². The number of carbonyl (C=O) groups excluding carboxylic acids is 1. The summed E-state index contributed by atoms with van der Waals surface area (Å²) in [6, 6.07) is 8.71. The molecular weight excluding hydrogens is 433 g/mol. The van der Waals surface area contributed by atoms with Crippen LogP contribution in [0.5, 0.6) is 5.88 Å². The molecule has 3 aliphatic rings. The lowest BCUT2D eigenvalue weighted by molar-refractivity contribution is -0.120. The molecule has 2 heterocycles. The number of halogens is 1. The minimum absolute atomic E-state index is 0.00200. The molecule has 1 aliphatic heterocycles. The van der Waals surface area contributed by atoms with Crippen molar-refractivity contribution in [2.24, 2.45) is 11.3 Å². The minimum atomic E-state index is -0.380. The number of nitrogens with one attached hydrogen (secondary N) is 1. The smallest absolute Gasteiger partial charge is 0.224 e. The van der Waals surface area contributed by atoms with E-state index in [4.69, 9.17) is 9.47 Å². The average molecular weight is 464 g/mol. The summed E-state index contributed by atoms with van der Waals surface area (Å²) in [7, 11) is 0. The van der Waals surface area contributed by atoms with E-state index in [0.29, 0.717) is 36.6 Å². The topological polar surface area (TPSA) is 63.7 Å². The first-order valence-electron chi connectivity index (χ1n) is 11.9. The lowest BCUT2D eigenvalue weighted by Crippen LogP contribution is -2.38. The Morgan fingerprint density at radius 2 is 2.06 bits per heavy atom. The lowest BCUT2D eigenvalue weighted by atomic mass is 9.99. The molecule has 1 saturated heterocycles. The summed E-state index contributed by atoms with van der Waals surface area (Å²) in [4.78, 5) is 18.9. The molecule has 1 amide bonds. The molecule has 2 aliphatic carbocycles. The Morgan fingerprint density at radius 3 is 2.82 bits per heavy atom. The summed E-state index contributed by atoms with van der Waals surface area (Å²) in [5, 5.41) is 3.07. The van der Waals surface area contributed by atoms with E-state index in [1.54, 1.807) is 0 Å². The van der Waals surface area contributed by atoms with Gasteiger partial charge in [0.15, 0.2) is 0 Å². The summed E-state index contributed by atoms with van der Waals surface area (Å²) < 4.78 is 25.7. The van der Waals surface area contributed by atoms with E-state index in [0.717, 1.165) is 44.8 Å². The Morgan fingerprint density at radius 1 is 1.24 bits per heavy atom. The fourth-order valence-electron chi connectivity index (χ4n) is 4.63. The first-order valence-corrected chi connectivity index (χ1v) is 11.9. The molecule has 7 heteroatoms. The number of aromatic nitrogens is 1. The number of ether oxygens (including phenoxy) is 2. The largest absolute Gasteiger partial charge is 0.476 e. The van der Waals surface area contributed by atoms with Gasteiger partial charge in [-0.2, -0.15) is 0 Å². The Kier molecular flexibility index (Phi) is 6.74. The average Bonchev–Trinajstić information content (AvgIpc) is 3.59. The van der Waals surface area contributed by atoms with Gasteiger partial charge in [-0.15, -0.1) is 0 Å². The van der Waals surface area contributed by atoms with Gasteiger partial charge >= 0.3 is 0 Å². The number of amides is 1. The predicted molar refractivity (Wildman–Crippen MR) is 128 cm³/mol. The molecule has 1 aromatic heterocycles. The number of morpholine rings is 1. The SMILES string of the molecule is O=C(Cc1ccc(-c2cnc(OCCN3CCOCC3)cc2F)cc1)NCC12C=CC=CC1C2. The Labute approximate surface area is 199 Å². The Balaban J connectivity index is 1.11. The summed E-state index contributed by atoms with van der Waals surface area (Å²) in [6.07, 6.45) is 11.5. The van der Waals surface area contributed by atoms with E-state index < -0.39 is 0 Å². The highest BCUT2D eigenvalue weighted by atomic mass is 19.1. The van der Waals surface area contributed by atoms with Crippen LogP contribution in [0.3, 0.4) is 0 Å². The highest BCUT2D eigenvalue weighted by Gasteiger charge is 2.51. The third kappa shape index (κ3) is 5.37. The van der Waals surface area contributed by atoms with Gasteiger partial charge < -0.3 is 14.8 Å². The predicted octanol–water partition coefficient (Wildman–Crippen LogP) is 3.39. The van der Waals surface area contributed by atoms with Crippen LogP contribution in [0.2, 0.25) is 0 Å². The van der Waals surface area contributed by atoms with Crippen molar-refractivity contribution in [3.63, 3.8) is 0 Å². The molecule has 2 fully saturated rings. The fourth-order valence-corrected chi connectivity index (χ4v) is 4.63. The van der Waals surface area contributed by atoms with Gasteiger partial charge in [-0.25, -0.2) is 9.37 Å². The van der Waals surface area contributed by atoms with Gasteiger partial charge in [0.25, 0.3) is 0 Å². The van der Waals surface area contributed by atoms with Gasteiger partial charge in [-0.3, -0.25) is 9.69 Å². The fraction of sp³-hybridized carbons (Fsp3) is 0.407. The van der Waals surface area contributed by atoms with Gasteiger partial charge in [0.1, 0.15) is 12.4 Å². The van der Waals surface area contributed by atoms with Crippen LogP contribution in [-0.2, 0) is 16.0 Å². The number of nitrogens with zero attached hydrogens (tertiary/aromatic N) is 2. The number of rotatable bonds is 9. The number of fused-ring (bicyclic) bond motifs is 1. The second kappa shape index (κ2) is 10.1. The van der Waals surface area contributed by atoms with Crippen molar-refractivity contribution in [1.82, 2.24) is 15.2 Å². The maximum Gasteiger partial charge on any atom is 0.224 e. The lowest BCUT2D eigenvalue weighted by Gasteiger charge is -2.26. The molecule has 0 spiro atoms. The van der Waals surface area contributed by atoms with E-state index in [-0.39, 0.29) is 23.0 Å². The van der Waals surface area contributed by atoms with Gasteiger partial charge in [-0.1, -0.05) is 48.6 Å². The zero-order chi connectivity index (χ0) is 23.4. The van der Waals surface area contributed by atoms with Crippen LogP contribution in [0.1, 0.15) is 12.0 Å². The molecule has 1 N–H and O–H groups in total. The molecular formula is C27H30FN3O3. The molecule has 5 rings (SSSR count). The summed E-state index contributed by atoms with van der Waals surface area (Å²) in [6.45, 7) is 5.14. The quantitative estimate of drug-likeness (QED) is 0.618. The molecule has 0 bridgehead atoms. The summed E-state index contributed by atoms with van der Waals surface area (Å²) in [5.74, 6) is 0.461. The highest BCUT2D eigenvalue weighted by Crippen LogP contribution is 2.55. The first kappa shape index (κ1) is 22.7. The van der Waals surface area contributed by atoms with Crippen LogP contribution < -0.4 is 10.1 Å². The zero-order valence-corrected chi connectivity index (χ0v) is 19.2. The molecule has 178 valence electrons. The molecule has 2 unspecified atom stereocenters. The molecule has 2 atom stereocenters. The van der Waals surface area contributed by atoms with Gasteiger partial charge in [0, 0.05) is 49.4 Å². The second-order valence-electron chi connectivity index (χ2n) is 9.24. The van der Waals surface area contributed by atoms with Gasteiger partial charge in [0.2, 0.25) is 11.8 Å². The molecule has 0 radical (unpaired) electrons. The van der Waals surface area contributed by atoms with E-state index >= 15 is 0 Å². The highest BCUT2D eigenvalue weighted by molar-refractivity contribution is 5.79. The van der Waals surface area contributed by atoms with Crippen LogP contribution in [0.4, 0.5) is 4.39 Å². The van der Waals surface area contributed by atoms with E-state index in [9.17, 15) is 9.18 Å². The molecule has 1 aromatic carbocycles. The molecule has 2 aromatic rings.